The quantitative estimate of drug-likeness (QED) is 0.752. The first-order valence-corrected chi connectivity index (χ1v) is 7.70. The monoisotopic (exact) mass is 299 g/mol. The third-order valence-electron chi connectivity index (χ3n) is 3.85. The van der Waals surface area contributed by atoms with Gasteiger partial charge in [-0.2, -0.15) is 0 Å². The molecule has 108 valence electrons. The van der Waals surface area contributed by atoms with E-state index in [9.17, 15) is 4.79 Å². The van der Waals surface area contributed by atoms with Crippen molar-refractivity contribution in [2.45, 2.75) is 27.3 Å². The van der Waals surface area contributed by atoms with E-state index in [-0.39, 0.29) is 5.78 Å². The number of nitrogens with two attached hydrogens (primary N) is 1. The highest BCUT2D eigenvalue weighted by Crippen LogP contribution is 2.34. The number of aryl methyl sites for hydroxylation is 1. The zero-order valence-electron chi connectivity index (χ0n) is 12.3. The van der Waals surface area contributed by atoms with Crippen LogP contribution in [-0.2, 0) is 6.54 Å². The Hall–Kier alpha value is -2.14. The van der Waals surface area contributed by atoms with Crippen LogP contribution in [0.1, 0.15) is 33.5 Å². The van der Waals surface area contributed by atoms with Crippen LogP contribution in [0.25, 0.3) is 10.2 Å². The molecule has 0 aliphatic rings. The lowest BCUT2D eigenvalue weighted by atomic mass is 10.1. The molecule has 3 aromatic rings. The highest BCUT2D eigenvalue weighted by atomic mass is 32.1. The lowest BCUT2D eigenvalue weighted by Gasteiger charge is -2.05. The van der Waals surface area contributed by atoms with Crippen molar-refractivity contribution < 1.29 is 4.79 Å². The summed E-state index contributed by atoms with van der Waals surface area (Å²) in [7, 11) is 0. The highest BCUT2D eigenvalue weighted by molar-refractivity contribution is 7.21. The minimum absolute atomic E-state index is 0.0108. The van der Waals surface area contributed by atoms with Crippen LogP contribution < -0.4 is 5.73 Å². The number of hydrogen-bond donors (Lipinski definition) is 1. The van der Waals surface area contributed by atoms with Gasteiger partial charge in [0, 0.05) is 35.1 Å². The van der Waals surface area contributed by atoms with Gasteiger partial charge in [0.1, 0.15) is 9.71 Å². The van der Waals surface area contributed by atoms with E-state index in [1.165, 1.54) is 11.3 Å². The summed E-state index contributed by atoms with van der Waals surface area (Å²) in [4.78, 5) is 18.5. The van der Waals surface area contributed by atoms with Crippen LogP contribution in [-0.4, -0.2) is 15.3 Å². The lowest BCUT2D eigenvalue weighted by molar-refractivity contribution is 0.104. The van der Waals surface area contributed by atoms with Gasteiger partial charge in [-0.3, -0.25) is 4.79 Å². The highest BCUT2D eigenvalue weighted by Gasteiger charge is 2.22. The second kappa shape index (κ2) is 5.00. The predicted molar refractivity (Wildman–Crippen MR) is 87.0 cm³/mol. The molecular weight excluding hydrogens is 282 g/mol. The van der Waals surface area contributed by atoms with Crippen LogP contribution in [0.5, 0.6) is 0 Å². The molecule has 2 N–H and O–H groups in total. The molecule has 21 heavy (non-hydrogen) atoms. The van der Waals surface area contributed by atoms with E-state index in [0.717, 1.165) is 33.7 Å². The van der Waals surface area contributed by atoms with Crippen molar-refractivity contribution in [1.82, 2.24) is 9.55 Å². The summed E-state index contributed by atoms with van der Waals surface area (Å²) in [5.41, 5.74) is 9.50. The molecule has 3 heterocycles. The standard InChI is InChI=1S/C16H17N3OS/c1-4-19-9(2)8-12(10(19)3)14(20)15-13(17)11-6-5-7-18-16(11)21-15/h5-8H,4,17H2,1-3H3. The van der Waals surface area contributed by atoms with Crippen LogP contribution in [0.4, 0.5) is 5.69 Å². The molecule has 0 spiro atoms. The summed E-state index contributed by atoms with van der Waals surface area (Å²) < 4.78 is 2.13. The molecule has 0 aliphatic carbocycles. The first kappa shape index (κ1) is 13.8. The van der Waals surface area contributed by atoms with Crippen molar-refractivity contribution in [3.05, 3.63) is 46.2 Å². The van der Waals surface area contributed by atoms with Gasteiger partial charge in [-0.1, -0.05) is 0 Å². The maximum atomic E-state index is 12.8. The van der Waals surface area contributed by atoms with Crippen LogP contribution in [0.15, 0.2) is 24.4 Å². The summed E-state index contributed by atoms with van der Waals surface area (Å²) in [5, 5.41) is 0.857. The predicted octanol–water partition coefficient (Wildman–Crippen LogP) is 3.55. The Kier molecular flexibility index (Phi) is 3.29. The number of nitrogen functional groups attached to an aromatic ring is 1. The van der Waals surface area contributed by atoms with E-state index in [1.807, 2.05) is 32.0 Å². The summed E-state index contributed by atoms with van der Waals surface area (Å²) in [6.07, 6.45) is 1.72. The van der Waals surface area contributed by atoms with Gasteiger partial charge in [0.25, 0.3) is 0 Å². The summed E-state index contributed by atoms with van der Waals surface area (Å²) in [6.45, 7) is 6.93. The van der Waals surface area contributed by atoms with Crippen molar-refractivity contribution in [2.24, 2.45) is 0 Å². The van der Waals surface area contributed by atoms with Crippen molar-refractivity contribution >= 4 is 33.0 Å². The van der Waals surface area contributed by atoms with Crippen molar-refractivity contribution in [2.75, 3.05) is 5.73 Å². The zero-order chi connectivity index (χ0) is 15.1. The zero-order valence-corrected chi connectivity index (χ0v) is 13.1. The number of carbonyl (C=O) groups is 1. The second-order valence-electron chi connectivity index (χ2n) is 5.06. The average Bonchev–Trinajstić information content (AvgIpc) is 2.96. The van der Waals surface area contributed by atoms with Crippen LogP contribution in [0.3, 0.4) is 0 Å². The molecule has 4 nitrogen and oxygen atoms in total. The Morgan fingerprint density at radius 1 is 1.43 bits per heavy atom. The third-order valence-corrected chi connectivity index (χ3v) is 4.97. The van der Waals surface area contributed by atoms with Gasteiger partial charge in [0.15, 0.2) is 0 Å². The molecule has 3 aromatic heterocycles. The van der Waals surface area contributed by atoms with Crippen molar-refractivity contribution in [1.29, 1.82) is 0 Å². The number of pyridine rings is 1. The number of nitrogens with zero attached hydrogens (tertiary/aromatic N) is 2. The van der Waals surface area contributed by atoms with Crippen molar-refractivity contribution in [3.8, 4) is 0 Å². The Morgan fingerprint density at radius 3 is 2.81 bits per heavy atom. The van der Waals surface area contributed by atoms with Crippen LogP contribution in [0.2, 0.25) is 0 Å². The normalized spacial score (nSPS) is 11.2. The SMILES string of the molecule is CCn1c(C)cc(C(=O)c2sc3ncccc3c2N)c1C. The molecule has 0 amide bonds. The maximum Gasteiger partial charge on any atom is 0.206 e. The Labute approximate surface area is 127 Å². The average molecular weight is 299 g/mol. The number of rotatable bonds is 3. The van der Waals surface area contributed by atoms with Gasteiger partial charge >= 0.3 is 0 Å². The molecule has 0 bridgehead atoms. The van der Waals surface area contributed by atoms with Crippen molar-refractivity contribution in [3.63, 3.8) is 0 Å². The molecule has 0 fully saturated rings. The molecule has 0 saturated carbocycles. The molecule has 0 aliphatic heterocycles. The van der Waals surface area contributed by atoms with Crippen LogP contribution >= 0.6 is 11.3 Å². The van der Waals surface area contributed by atoms with Gasteiger partial charge in [0.05, 0.1) is 5.69 Å². The second-order valence-corrected chi connectivity index (χ2v) is 6.06. The van der Waals surface area contributed by atoms with Crippen LogP contribution in [0, 0.1) is 13.8 Å². The number of carbonyl (C=O) groups excluding carboxylic acids is 1. The van der Waals surface area contributed by atoms with E-state index in [1.54, 1.807) is 6.20 Å². The molecule has 0 unspecified atom stereocenters. The van der Waals surface area contributed by atoms with Gasteiger partial charge in [-0.25, -0.2) is 4.98 Å². The minimum Gasteiger partial charge on any atom is -0.397 e. The molecule has 3 rings (SSSR count). The number of ketones is 1. The summed E-state index contributed by atoms with van der Waals surface area (Å²) in [5.74, 6) is -0.0108. The lowest BCUT2D eigenvalue weighted by Crippen LogP contribution is -2.05. The topological polar surface area (TPSA) is 60.9 Å². The van der Waals surface area contributed by atoms with Gasteiger partial charge in [0.2, 0.25) is 5.78 Å². The largest absolute Gasteiger partial charge is 0.397 e. The molecule has 0 atom stereocenters. The molecule has 5 heteroatoms. The molecule has 0 saturated heterocycles. The third kappa shape index (κ3) is 2.05. The molecule has 0 radical (unpaired) electrons. The number of fused-ring (bicyclic) bond motifs is 1. The first-order valence-electron chi connectivity index (χ1n) is 6.89. The fourth-order valence-electron chi connectivity index (χ4n) is 2.76. The van der Waals surface area contributed by atoms with E-state index in [4.69, 9.17) is 5.73 Å². The molecule has 0 aromatic carbocycles. The van der Waals surface area contributed by atoms with E-state index < -0.39 is 0 Å². The van der Waals surface area contributed by atoms with Gasteiger partial charge in [-0.15, -0.1) is 11.3 Å². The number of aromatic nitrogens is 2. The fraction of sp³-hybridized carbons (Fsp3) is 0.250. The smallest absolute Gasteiger partial charge is 0.206 e. The molecular formula is C16H17N3OS. The number of thiophene rings is 1. The Morgan fingerprint density at radius 2 is 2.19 bits per heavy atom. The van der Waals surface area contributed by atoms with E-state index >= 15 is 0 Å². The minimum atomic E-state index is -0.0108. The number of hydrogen-bond acceptors (Lipinski definition) is 4. The Bertz CT molecular complexity index is 845. The summed E-state index contributed by atoms with van der Waals surface area (Å²) >= 11 is 1.36. The van der Waals surface area contributed by atoms with E-state index in [2.05, 4.69) is 16.5 Å². The number of anilines is 1. The fourth-order valence-corrected chi connectivity index (χ4v) is 3.78. The summed E-state index contributed by atoms with van der Waals surface area (Å²) in [6, 6.07) is 5.68. The van der Waals surface area contributed by atoms with E-state index in [0.29, 0.717) is 10.6 Å². The first-order chi connectivity index (χ1) is 10.0. The van der Waals surface area contributed by atoms with Gasteiger partial charge < -0.3 is 10.3 Å². The Balaban J connectivity index is 2.15. The van der Waals surface area contributed by atoms with Gasteiger partial charge in [-0.05, 0) is 39.0 Å². The maximum absolute atomic E-state index is 12.8.